The lowest BCUT2D eigenvalue weighted by atomic mass is 10.5. The van der Waals surface area contributed by atoms with Crippen LogP contribution in [0.5, 0.6) is 0 Å². The summed E-state index contributed by atoms with van der Waals surface area (Å²) in [5, 5.41) is 13.0. The van der Waals surface area contributed by atoms with Gasteiger partial charge in [0.1, 0.15) is 6.20 Å². The largest absolute Gasteiger partial charge is 0.345 e. The molecule has 0 atom stereocenters. The first-order valence-corrected chi connectivity index (χ1v) is 4.85. The SMILES string of the molecule is CN(C)CC(=O)Nc1ncc([N+](=O)[O-])s1. The normalized spacial score (nSPS) is 10.3. The number of aromatic nitrogens is 1. The maximum absolute atomic E-state index is 11.2. The molecule has 0 saturated heterocycles. The van der Waals surface area contributed by atoms with Crippen molar-refractivity contribution in [2.75, 3.05) is 26.0 Å². The van der Waals surface area contributed by atoms with Crippen LogP contribution in [0.4, 0.5) is 10.1 Å². The third-order valence-corrected chi connectivity index (χ3v) is 2.24. The molecule has 0 aliphatic carbocycles. The molecule has 0 unspecified atom stereocenters. The predicted octanol–water partition coefficient (Wildman–Crippen LogP) is 0.551. The van der Waals surface area contributed by atoms with Crippen molar-refractivity contribution in [1.82, 2.24) is 9.88 Å². The summed E-state index contributed by atoms with van der Waals surface area (Å²) in [4.78, 5) is 26.4. The zero-order valence-electron chi connectivity index (χ0n) is 8.26. The van der Waals surface area contributed by atoms with Crippen LogP contribution in [0.2, 0.25) is 0 Å². The minimum absolute atomic E-state index is 0.0878. The summed E-state index contributed by atoms with van der Waals surface area (Å²) in [7, 11) is 3.51. The second-order valence-electron chi connectivity index (χ2n) is 3.05. The molecule has 0 radical (unpaired) electrons. The van der Waals surface area contributed by atoms with Crippen molar-refractivity contribution in [3.05, 3.63) is 16.3 Å². The zero-order chi connectivity index (χ0) is 11.4. The summed E-state index contributed by atoms with van der Waals surface area (Å²) in [5.74, 6) is -0.246. The highest BCUT2D eigenvalue weighted by molar-refractivity contribution is 7.18. The van der Waals surface area contributed by atoms with E-state index in [1.807, 2.05) is 0 Å². The van der Waals surface area contributed by atoms with E-state index in [0.29, 0.717) is 0 Å². The van der Waals surface area contributed by atoms with Gasteiger partial charge in [-0.3, -0.25) is 14.9 Å². The van der Waals surface area contributed by atoms with Crippen LogP contribution in [0, 0.1) is 10.1 Å². The average Bonchev–Trinajstić information content (AvgIpc) is 2.50. The molecule has 1 aromatic heterocycles. The van der Waals surface area contributed by atoms with Crippen molar-refractivity contribution in [3.63, 3.8) is 0 Å². The van der Waals surface area contributed by atoms with Crippen LogP contribution < -0.4 is 5.32 Å². The molecule has 15 heavy (non-hydrogen) atoms. The Morgan fingerprint density at radius 1 is 1.73 bits per heavy atom. The van der Waals surface area contributed by atoms with E-state index in [1.54, 1.807) is 19.0 Å². The highest BCUT2D eigenvalue weighted by Gasteiger charge is 2.13. The molecule has 82 valence electrons. The predicted molar refractivity (Wildman–Crippen MR) is 56.0 cm³/mol. The van der Waals surface area contributed by atoms with Crippen LogP contribution in [-0.2, 0) is 4.79 Å². The molecule has 8 heteroatoms. The smallest absolute Gasteiger partial charge is 0.301 e. The second kappa shape index (κ2) is 4.80. The van der Waals surface area contributed by atoms with Gasteiger partial charge in [-0.15, -0.1) is 0 Å². The fourth-order valence-electron chi connectivity index (χ4n) is 0.854. The van der Waals surface area contributed by atoms with Crippen molar-refractivity contribution in [1.29, 1.82) is 0 Å². The Morgan fingerprint density at radius 3 is 2.87 bits per heavy atom. The number of amides is 1. The number of carbonyl (C=O) groups excluding carboxylic acids is 1. The van der Waals surface area contributed by atoms with E-state index in [4.69, 9.17) is 0 Å². The number of rotatable bonds is 4. The first-order chi connectivity index (χ1) is 6.99. The van der Waals surface area contributed by atoms with Crippen molar-refractivity contribution in [2.24, 2.45) is 0 Å². The number of nitrogens with one attached hydrogen (secondary N) is 1. The summed E-state index contributed by atoms with van der Waals surface area (Å²) in [5.41, 5.74) is 0. The van der Waals surface area contributed by atoms with Gasteiger partial charge in [0.2, 0.25) is 5.91 Å². The molecule has 1 rings (SSSR count). The number of likely N-dealkylation sites (N-methyl/N-ethyl adjacent to an activating group) is 1. The molecule has 0 saturated carbocycles. The van der Waals surface area contributed by atoms with Gasteiger partial charge in [-0.1, -0.05) is 0 Å². The third-order valence-electron chi connectivity index (χ3n) is 1.38. The number of carbonyl (C=O) groups is 1. The van der Waals surface area contributed by atoms with Gasteiger partial charge < -0.3 is 10.2 Å². The van der Waals surface area contributed by atoms with Crippen LogP contribution in [-0.4, -0.2) is 41.4 Å². The maximum Gasteiger partial charge on any atom is 0.345 e. The topological polar surface area (TPSA) is 88.4 Å². The molecule has 1 amide bonds. The van der Waals surface area contributed by atoms with E-state index >= 15 is 0 Å². The molecule has 0 spiro atoms. The molecule has 0 aromatic carbocycles. The Hall–Kier alpha value is -1.54. The van der Waals surface area contributed by atoms with E-state index in [9.17, 15) is 14.9 Å². The summed E-state index contributed by atoms with van der Waals surface area (Å²) >= 11 is 0.836. The van der Waals surface area contributed by atoms with Crippen molar-refractivity contribution in [3.8, 4) is 0 Å². The molecule has 1 aromatic rings. The Bertz CT molecular complexity index is 376. The number of hydrogen-bond donors (Lipinski definition) is 1. The van der Waals surface area contributed by atoms with Crippen LogP contribution in [0.15, 0.2) is 6.20 Å². The molecule has 1 N–H and O–H groups in total. The van der Waals surface area contributed by atoms with Crippen LogP contribution in [0.3, 0.4) is 0 Å². The zero-order valence-corrected chi connectivity index (χ0v) is 9.08. The minimum Gasteiger partial charge on any atom is -0.301 e. The van der Waals surface area contributed by atoms with E-state index in [2.05, 4.69) is 10.3 Å². The molecule has 1 heterocycles. The average molecular weight is 230 g/mol. The first-order valence-electron chi connectivity index (χ1n) is 4.04. The summed E-state index contributed by atoms with van der Waals surface area (Å²) < 4.78 is 0. The Labute approximate surface area is 89.9 Å². The van der Waals surface area contributed by atoms with Gasteiger partial charge in [0.15, 0.2) is 5.13 Å². The van der Waals surface area contributed by atoms with E-state index in [0.717, 1.165) is 17.5 Å². The standard InChI is InChI=1S/C7H10N4O3S/c1-10(2)4-5(12)9-7-8-3-6(15-7)11(13)14/h3H,4H2,1-2H3,(H,8,9,12). The summed E-state index contributed by atoms with van der Waals surface area (Å²) in [6, 6.07) is 0. The van der Waals surface area contributed by atoms with E-state index < -0.39 is 4.92 Å². The number of nitro groups is 1. The lowest BCUT2D eigenvalue weighted by Crippen LogP contribution is -2.26. The van der Waals surface area contributed by atoms with Gasteiger partial charge in [0, 0.05) is 0 Å². The maximum atomic E-state index is 11.2. The third kappa shape index (κ3) is 3.60. The molecule has 0 fully saturated rings. The van der Waals surface area contributed by atoms with Gasteiger partial charge in [-0.05, 0) is 25.4 Å². The van der Waals surface area contributed by atoms with Gasteiger partial charge in [-0.25, -0.2) is 4.98 Å². The van der Waals surface area contributed by atoms with Gasteiger partial charge >= 0.3 is 5.00 Å². The Morgan fingerprint density at radius 2 is 2.40 bits per heavy atom. The fraction of sp³-hybridized carbons (Fsp3) is 0.429. The Balaban J connectivity index is 2.57. The van der Waals surface area contributed by atoms with Gasteiger partial charge in [-0.2, -0.15) is 0 Å². The molecule has 0 bridgehead atoms. The van der Waals surface area contributed by atoms with Crippen LogP contribution >= 0.6 is 11.3 Å². The quantitative estimate of drug-likeness (QED) is 0.602. The highest BCUT2D eigenvalue weighted by Crippen LogP contribution is 2.24. The van der Waals surface area contributed by atoms with Crippen molar-refractivity contribution >= 4 is 27.4 Å². The minimum atomic E-state index is -0.542. The lowest BCUT2D eigenvalue weighted by Gasteiger charge is -2.07. The van der Waals surface area contributed by atoms with Crippen molar-refractivity contribution < 1.29 is 9.72 Å². The van der Waals surface area contributed by atoms with E-state index in [1.165, 1.54) is 0 Å². The van der Waals surface area contributed by atoms with Gasteiger partial charge in [0.05, 0.1) is 11.5 Å². The lowest BCUT2D eigenvalue weighted by molar-refractivity contribution is -0.380. The van der Waals surface area contributed by atoms with Gasteiger partial charge in [0.25, 0.3) is 0 Å². The van der Waals surface area contributed by atoms with E-state index in [-0.39, 0.29) is 22.6 Å². The highest BCUT2D eigenvalue weighted by atomic mass is 32.1. The monoisotopic (exact) mass is 230 g/mol. The van der Waals surface area contributed by atoms with Crippen molar-refractivity contribution in [2.45, 2.75) is 0 Å². The fourth-order valence-corrected chi connectivity index (χ4v) is 1.50. The Kier molecular flexibility index (Phi) is 3.69. The summed E-state index contributed by atoms with van der Waals surface area (Å²) in [6.07, 6.45) is 1.12. The number of thiazole rings is 1. The molecular formula is C7H10N4O3S. The number of hydrogen-bond acceptors (Lipinski definition) is 6. The second-order valence-corrected chi connectivity index (χ2v) is 4.06. The molecule has 0 aliphatic rings. The number of nitrogens with zero attached hydrogens (tertiary/aromatic N) is 3. The molecule has 7 nitrogen and oxygen atoms in total. The molecular weight excluding hydrogens is 220 g/mol. The first kappa shape index (κ1) is 11.5. The summed E-state index contributed by atoms with van der Waals surface area (Å²) in [6.45, 7) is 0.216. The van der Waals surface area contributed by atoms with Crippen LogP contribution in [0.25, 0.3) is 0 Å². The van der Waals surface area contributed by atoms with Crippen LogP contribution in [0.1, 0.15) is 0 Å². The molecule has 0 aliphatic heterocycles. The number of anilines is 1.